The lowest BCUT2D eigenvalue weighted by Crippen LogP contribution is -2.17. The number of aldehydes is 1. The Hall–Kier alpha value is -0.920. The van der Waals surface area contributed by atoms with Gasteiger partial charge in [0.2, 0.25) is 0 Å². The molecule has 0 aliphatic carbocycles. The summed E-state index contributed by atoms with van der Waals surface area (Å²) in [5, 5.41) is 0. The Morgan fingerprint density at radius 3 is 2.25 bits per heavy atom. The molecule has 0 saturated heterocycles. The lowest BCUT2D eigenvalue weighted by molar-refractivity contribution is -0.121. The molecular formula is C10H16O2. The highest BCUT2D eigenvalue weighted by molar-refractivity contribution is 5.93. The van der Waals surface area contributed by atoms with Crippen LogP contribution in [0.1, 0.15) is 33.6 Å². The van der Waals surface area contributed by atoms with Gasteiger partial charge in [-0.15, -0.1) is 0 Å². The quantitative estimate of drug-likeness (QED) is 0.366. The summed E-state index contributed by atoms with van der Waals surface area (Å²) in [5.41, 5.74) is -0.308. The van der Waals surface area contributed by atoms with E-state index in [0.29, 0.717) is 12.8 Å². The van der Waals surface area contributed by atoms with Crippen molar-refractivity contribution in [3.8, 4) is 0 Å². The van der Waals surface area contributed by atoms with Gasteiger partial charge >= 0.3 is 0 Å². The molecule has 0 fully saturated rings. The Morgan fingerprint density at radius 1 is 1.25 bits per heavy atom. The molecule has 0 aliphatic heterocycles. The van der Waals surface area contributed by atoms with Gasteiger partial charge in [-0.1, -0.05) is 26.8 Å². The number of hydrogen-bond donors (Lipinski definition) is 0. The van der Waals surface area contributed by atoms with E-state index in [1.807, 2.05) is 20.8 Å². The Labute approximate surface area is 73.7 Å². The third kappa shape index (κ3) is 4.83. The van der Waals surface area contributed by atoms with Crippen LogP contribution in [-0.4, -0.2) is 12.1 Å². The summed E-state index contributed by atoms with van der Waals surface area (Å²) in [6, 6.07) is 0. The van der Waals surface area contributed by atoms with E-state index in [9.17, 15) is 9.59 Å². The van der Waals surface area contributed by atoms with Gasteiger partial charge in [-0.25, -0.2) is 0 Å². The number of carbonyl (C=O) groups excluding carboxylic acids is 2. The van der Waals surface area contributed by atoms with Crippen molar-refractivity contribution in [3.63, 3.8) is 0 Å². The zero-order valence-corrected chi connectivity index (χ0v) is 7.96. The van der Waals surface area contributed by atoms with E-state index >= 15 is 0 Å². The van der Waals surface area contributed by atoms with Crippen molar-refractivity contribution in [1.82, 2.24) is 0 Å². The van der Waals surface area contributed by atoms with Crippen LogP contribution < -0.4 is 0 Å². The molecule has 0 amide bonds. The highest BCUT2D eigenvalue weighted by Crippen LogP contribution is 2.14. The minimum absolute atomic E-state index is 0.105. The van der Waals surface area contributed by atoms with Gasteiger partial charge in [0.05, 0.1) is 0 Å². The predicted molar refractivity (Wildman–Crippen MR) is 48.9 cm³/mol. The normalized spacial score (nSPS) is 11.9. The number of allylic oxidation sites excluding steroid dienone is 2. The number of ketones is 1. The second kappa shape index (κ2) is 4.86. The Balaban J connectivity index is 3.84. The molecule has 0 unspecified atom stereocenters. The van der Waals surface area contributed by atoms with Gasteiger partial charge in [0.25, 0.3) is 0 Å². The molecule has 0 spiro atoms. The third-order valence-electron chi connectivity index (χ3n) is 1.46. The average molecular weight is 168 g/mol. The molecule has 0 atom stereocenters. The molecule has 0 aromatic heterocycles. The molecular weight excluding hydrogens is 152 g/mol. The van der Waals surface area contributed by atoms with Crippen LogP contribution in [0.25, 0.3) is 0 Å². The smallest absolute Gasteiger partial charge is 0.160 e. The van der Waals surface area contributed by atoms with Crippen LogP contribution in [0.15, 0.2) is 12.2 Å². The Kier molecular flexibility index (Phi) is 4.49. The van der Waals surface area contributed by atoms with E-state index in [0.717, 1.165) is 6.29 Å². The molecule has 0 aromatic carbocycles. The van der Waals surface area contributed by atoms with Gasteiger partial charge in [0.1, 0.15) is 6.29 Å². The number of hydrogen-bond acceptors (Lipinski definition) is 2. The van der Waals surface area contributed by atoms with Crippen LogP contribution in [0, 0.1) is 5.41 Å². The molecule has 0 radical (unpaired) electrons. The van der Waals surface area contributed by atoms with Crippen LogP contribution in [-0.2, 0) is 9.59 Å². The van der Waals surface area contributed by atoms with Gasteiger partial charge in [0, 0.05) is 11.8 Å². The van der Waals surface area contributed by atoms with Crippen LogP contribution in [0.3, 0.4) is 0 Å². The molecule has 0 saturated carbocycles. The Morgan fingerprint density at radius 2 is 1.83 bits per heavy atom. The number of carbonyl (C=O) groups is 2. The zero-order valence-electron chi connectivity index (χ0n) is 7.96. The van der Waals surface area contributed by atoms with Crippen LogP contribution >= 0.6 is 0 Å². The first-order valence-electron chi connectivity index (χ1n) is 4.13. The standard InChI is InChI=1S/C10H16O2/c1-10(2,3)9(12)7-5-4-6-8-11/h5,7-8H,4,6H2,1-3H3/b7-5+. The van der Waals surface area contributed by atoms with Crippen molar-refractivity contribution in [1.29, 1.82) is 0 Å². The third-order valence-corrected chi connectivity index (χ3v) is 1.46. The van der Waals surface area contributed by atoms with Crippen molar-refractivity contribution < 1.29 is 9.59 Å². The van der Waals surface area contributed by atoms with Crippen molar-refractivity contribution in [2.75, 3.05) is 0 Å². The van der Waals surface area contributed by atoms with Crippen LogP contribution in [0.5, 0.6) is 0 Å². The van der Waals surface area contributed by atoms with Crippen LogP contribution in [0.2, 0.25) is 0 Å². The van der Waals surface area contributed by atoms with E-state index in [1.165, 1.54) is 0 Å². The zero-order chi connectivity index (χ0) is 9.61. The maximum absolute atomic E-state index is 11.3. The minimum Gasteiger partial charge on any atom is -0.303 e. The summed E-state index contributed by atoms with van der Waals surface area (Å²) in [4.78, 5) is 21.2. The van der Waals surface area contributed by atoms with Crippen molar-refractivity contribution in [3.05, 3.63) is 12.2 Å². The highest BCUT2D eigenvalue weighted by Gasteiger charge is 2.17. The molecule has 2 heteroatoms. The first-order valence-corrected chi connectivity index (χ1v) is 4.13. The minimum atomic E-state index is -0.308. The first kappa shape index (κ1) is 11.1. The van der Waals surface area contributed by atoms with Gasteiger partial charge < -0.3 is 4.79 Å². The molecule has 0 rings (SSSR count). The molecule has 0 bridgehead atoms. The van der Waals surface area contributed by atoms with E-state index in [1.54, 1.807) is 12.2 Å². The number of rotatable bonds is 4. The highest BCUT2D eigenvalue weighted by atomic mass is 16.1. The van der Waals surface area contributed by atoms with Gasteiger partial charge in [0.15, 0.2) is 5.78 Å². The molecule has 12 heavy (non-hydrogen) atoms. The van der Waals surface area contributed by atoms with Gasteiger partial charge in [-0.05, 0) is 12.5 Å². The first-order chi connectivity index (χ1) is 5.48. The number of unbranched alkanes of at least 4 members (excludes halogenated alkanes) is 1. The SMILES string of the molecule is CC(C)(C)C(=O)/C=C/CCC=O. The summed E-state index contributed by atoms with van der Waals surface area (Å²) in [6.45, 7) is 5.62. The largest absolute Gasteiger partial charge is 0.303 e. The summed E-state index contributed by atoms with van der Waals surface area (Å²) in [6.07, 6.45) is 5.32. The summed E-state index contributed by atoms with van der Waals surface area (Å²) >= 11 is 0. The maximum Gasteiger partial charge on any atom is 0.160 e. The van der Waals surface area contributed by atoms with E-state index in [4.69, 9.17) is 0 Å². The average Bonchev–Trinajstić information content (AvgIpc) is 1.96. The topological polar surface area (TPSA) is 34.1 Å². The molecule has 2 nitrogen and oxygen atoms in total. The van der Waals surface area contributed by atoms with Gasteiger partial charge in [-0.2, -0.15) is 0 Å². The Bertz CT molecular complexity index is 185. The summed E-state index contributed by atoms with van der Waals surface area (Å²) in [7, 11) is 0. The second-order valence-corrected chi connectivity index (χ2v) is 3.76. The lowest BCUT2D eigenvalue weighted by Gasteiger charge is -2.12. The van der Waals surface area contributed by atoms with Crippen LogP contribution in [0.4, 0.5) is 0 Å². The molecule has 0 aliphatic rings. The maximum atomic E-state index is 11.3. The molecule has 0 aromatic rings. The van der Waals surface area contributed by atoms with E-state index in [-0.39, 0.29) is 11.2 Å². The second-order valence-electron chi connectivity index (χ2n) is 3.76. The molecule has 68 valence electrons. The predicted octanol–water partition coefficient (Wildman–Crippen LogP) is 2.14. The lowest BCUT2D eigenvalue weighted by atomic mass is 9.90. The fourth-order valence-electron chi connectivity index (χ4n) is 0.605. The molecule has 0 heterocycles. The van der Waals surface area contributed by atoms with Crippen molar-refractivity contribution >= 4 is 12.1 Å². The monoisotopic (exact) mass is 168 g/mol. The van der Waals surface area contributed by atoms with Crippen molar-refractivity contribution in [2.24, 2.45) is 5.41 Å². The van der Waals surface area contributed by atoms with Crippen molar-refractivity contribution in [2.45, 2.75) is 33.6 Å². The summed E-state index contributed by atoms with van der Waals surface area (Å²) in [5.74, 6) is 0.105. The fourth-order valence-corrected chi connectivity index (χ4v) is 0.605. The van der Waals surface area contributed by atoms with Gasteiger partial charge in [-0.3, -0.25) is 4.79 Å². The summed E-state index contributed by atoms with van der Waals surface area (Å²) < 4.78 is 0. The van der Waals surface area contributed by atoms with E-state index in [2.05, 4.69) is 0 Å². The molecule has 0 N–H and O–H groups in total. The van der Waals surface area contributed by atoms with E-state index < -0.39 is 0 Å². The fraction of sp³-hybridized carbons (Fsp3) is 0.600.